The Kier molecular flexibility index (Phi) is 5.86. The van der Waals surface area contributed by atoms with Crippen LogP contribution in [0.25, 0.3) is 0 Å². The first-order valence-electron chi connectivity index (χ1n) is 1.22. The molecule has 6 heavy (non-hydrogen) atoms. The van der Waals surface area contributed by atoms with Crippen LogP contribution >= 0.6 is 23.3 Å². The standard InChI is InChI=1S/C2H2P3.Zr/c1-2-4-5-3-1;/h1,3H;/q-1;. The fourth-order valence-electron chi connectivity index (χ4n) is 0.144. The van der Waals surface area contributed by atoms with Gasteiger partial charge < -0.3 is 5.80 Å². The van der Waals surface area contributed by atoms with E-state index in [1.165, 1.54) is 15.4 Å². The maximum Gasteiger partial charge on any atom is 0 e. The van der Waals surface area contributed by atoms with Crippen molar-refractivity contribution in [1.82, 2.24) is 0 Å². The Balaban J connectivity index is 0.000000250. The van der Waals surface area contributed by atoms with Crippen molar-refractivity contribution < 1.29 is 26.2 Å². The smallest absolute Gasteiger partial charge is 0 e. The summed E-state index contributed by atoms with van der Waals surface area (Å²) in [5, 5.41) is 0. The monoisotopic (exact) mass is 209 g/mol. The Bertz CT molecular complexity index is 65.3. The van der Waals surface area contributed by atoms with Crippen LogP contribution in [0.4, 0.5) is 0 Å². The number of rotatable bonds is 0. The van der Waals surface area contributed by atoms with Crippen molar-refractivity contribution in [2.45, 2.75) is 0 Å². The average Bonchev–Trinajstić information content (AvgIpc) is 1.76. The topological polar surface area (TPSA) is 0 Å². The molecule has 30 valence electrons. The van der Waals surface area contributed by atoms with E-state index in [-0.39, 0.29) is 26.2 Å². The Morgan fingerprint density at radius 2 is 2.50 bits per heavy atom. The molecular formula is C2H2P3Zr-. The van der Waals surface area contributed by atoms with E-state index < -0.39 is 0 Å². The van der Waals surface area contributed by atoms with E-state index in [0.29, 0.717) is 0 Å². The zero-order valence-electron chi connectivity index (χ0n) is 2.97. The average molecular weight is 210 g/mol. The number of hydrogen-bond donors (Lipinski definition) is 0. The molecule has 0 spiro atoms. The molecule has 1 heterocycles. The van der Waals surface area contributed by atoms with Crippen molar-refractivity contribution in [3.63, 3.8) is 0 Å². The second-order valence-electron chi connectivity index (χ2n) is 0.603. The van der Waals surface area contributed by atoms with E-state index in [0.717, 1.165) is 7.87 Å². The normalized spacial score (nSPS) is 10.7. The predicted molar refractivity (Wildman–Crippen MR) is 29.8 cm³/mol. The molecule has 4 heteroatoms. The molecule has 0 fully saturated rings. The summed E-state index contributed by atoms with van der Waals surface area (Å²) in [6.07, 6.45) is 0. The Hall–Kier alpha value is 1.52. The van der Waals surface area contributed by atoms with Gasteiger partial charge in [0.1, 0.15) is 0 Å². The van der Waals surface area contributed by atoms with E-state index in [9.17, 15) is 0 Å². The van der Waals surface area contributed by atoms with E-state index in [1.54, 1.807) is 0 Å². The van der Waals surface area contributed by atoms with Crippen molar-refractivity contribution in [1.29, 1.82) is 0 Å². The van der Waals surface area contributed by atoms with Crippen molar-refractivity contribution in [2.24, 2.45) is 0 Å². The van der Waals surface area contributed by atoms with Crippen molar-refractivity contribution in [3.05, 3.63) is 11.6 Å². The summed E-state index contributed by atoms with van der Waals surface area (Å²) >= 11 is 0. The Labute approximate surface area is 60.9 Å². The molecule has 0 bridgehead atoms. The van der Waals surface area contributed by atoms with E-state index in [2.05, 4.69) is 11.6 Å². The van der Waals surface area contributed by atoms with Gasteiger partial charge in [-0.15, -0.1) is 7.87 Å². The summed E-state index contributed by atoms with van der Waals surface area (Å²) in [6.45, 7) is 0. The largest absolute Gasteiger partial charge is 0.430 e. The van der Waals surface area contributed by atoms with Crippen LogP contribution in [-0.4, -0.2) is 0 Å². The van der Waals surface area contributed by atoms with Crippen molar-refractivity contribution in [2.75, 3.05) is 0 Å². The van der Waals surface area contributed by atoms with Crippen LogP contribution in [0.3, 0.4) is 0 Å². The summed E-state index contributed by atoms with van der Waals surface area (Å²) in [7, 11) is 3.93. The van der Waals surface area contributed by atoms with Gasteiger partial charge in [0.05, 0.1) is 0 Å². The SMILES string of the molecule is [Zr].[c-]1c[pH]pp1. The molecule has 0 saturated heterocycles. The van der Waals surface area contributed by atoms with Gasteiger partial charge in [-0.2, -0.15) is 0 Å². The first-order valence-corrected chi connectivity index (χ1v) is 5.64. The quantitative estimate of drug-likeness (QED) is 0.577. The molecule has 1 rings (SSSR count). The molecule has 1 aromatic rings. The fourth-order valence-corrected chi connectivity index (χ4v) is 3.90. The van der Waals surface area contributed by atoms with Gasteiger partial charge in [-0.3, -0.25) is 7.87 Å². The summed E-state index contributed by atoms with van der Waals surface area (Å²) in [5.41, 5.74) is 0. The van der Waals surface area contributed by atoms with Crippen LogP contribution in [-0.2, 0) is 26.2 Å². The molecule has 0 N–H and O–H groups in total. The molecule has 0 aliphatic heterocycles. The summed E-state index contributed by atoms with van der Waals surface area (Å²) < 4.78 is 0. The van der Waals surface area contributed by atoms with E-state index >= 15 is 0 Å². The van der Waals surface area contributed by atoms with Gasteiger partial charge in [-0.1, -0.05) is 7.55 Å². The minimum atomic E-state index is 0. The van der Waals surface area contributed by atoms with Gasteiger partial charge in [-0.25, -0.2) is 5.80 Å². The van der Waals surface area contributed by atoms with Crippen LogP contribution in [0, 0.1) is 5.80 Å². The van der Waals surface area contributed by atoms with Gasteiger partial charge >= 0.3 is 0 Å². The van der Waals surface area contributed by atoms with Crippen LogP contribution in [0.5, 0.6) is 0 Å². The number of hydrogen-bond acceptors (Lipinski definition) is 0. The van der Waals surface area contributed by atoms with Gasteiger partial charge in [0.15, 0.2) is 0 Å². The van der Waals surface area contributed by atoms with Crippen molar-refractivity contribution >= 4 is 23.3 Å². The van der Waals surface area contributed by atoms with Crippen LogP contribution in [0.15, 0.2) is 5.80 Å². The van der Waals surface area contributed by atoms with Gasteiger partial charge in [0, 0.05) is 26.2 Å². The van der Waals surface area contributed by atoms with Gasteiger partial charge in [0.25, 0.3) is 0 Å². The molecule has 1 unspecified atom stereocenters. The second-order valence-corrected chi connectivity index (χ2v) is 5.58. The molecular weight excluding hydrogens is 208 g/mol. The first kappa shape index (κ1) is 7.52. The van der Waals surface area contributed by atoms with Crippen molar-refractivity contribution in [3.8, 4) is 0 Å². The summed E-state index contributed by atoms with van der Waals surface area (Å²) in [6, 6.07) is 0. The summed E-state index contributed by atoms with van der Waals surface area (Å²) in [4.78, 5) is 0. The third-order valence-corrected chi connectivity index (χ3v) is 4.59. The summed E-state index contributed by atoms with van der Waals surface area (Å²) in [5.74, 6) is 5.18. The third-order valence-electron chi connectivity index (χ3n) is 0.295. The third kappa shape index (κ3) is 2.66. The van der Waals surface area contributed by atoms with Crippen LogP contribution < -0.4 is 0 Å². The van der Waals surface area contributed by atoms with Crippen LogP contribution in [0.2, 0.25) is 0 Å². The Morgan fingerprint density at radius 3 is 2.67 bits per heavy atom. The molecule has 0 aliphatic carbocycles. The molecule has 0 aromatic carbocycles. The molecule has 0 amide bonds. The molecule has 1 atom stereocenters. The van der Waals surface area contributed by atoms with E-state index in [4.69, 9.17) is 0 Å². The van der Waals surface area contributed by atoms with Gasteiger partial charge in [-0.05, 0) is 0 Å². The predicted octanol–water partition coefficient (Wildman–Crippen LogP) is 2.68. The maximum absolute atomic E-state index is 3.07. The van der Waals surface area contributed by atoms with Gasteiger partial charge in [0.2, 0.25) is 0 Å². The zero-order valence-corrected chi connectivity index (χ0v) is 8.22. The van der Waals surface area contributed by atoms with E-state index in [1.807, 2.05) is 0 Å². The Morgan fingerprint density at radius 1 is 1.67 bits per heavy atom. The maximum atomic E-state index is 3.07. The second kappa shape index (κ2) is 4.68. The minimum Gasteiger partial charge on any atom is -0.430 e. The molecule has 0 saturated carbocycles. The molecule has 0 nitrogen and oxygen atoms in total. The molecule has 1 aromatic heterocycles. The first-order chi connectivity index (χ1) is 2.50. The fraction of sp³-hybridized carbons (Fsp3) is 0. The zero-order chi connectivity index (χ0) is 3.54. The molecule has 0 aliphatic rings. The van der Waals surface area contributed by atoms with Crippen LogP contribution in [0.1, 0.15) is 0 Å². The molecule has 0 radical (unpaired) electrons. The minimum absolute atomic E-state index is 0.